The number of nitrogens with zero attached hydrogens (tertiary/aromatic N) is 6. The van der Waals surface area contributed by atoms with E-state index in [1.807, 2.05) is 4.90 Å². The van der Waals surface area contributed by atoms with Gasteiger partial charge in [-0.25, -0.2) is 15.0 Å². The van der Waals surface area contributed by atoms with Crippen molar-refractivity contribution in [2.75, 3.05) is 55.2 Å². The highest BCUT2D eigenvalue weighted by Gasteiger charge is 2.36. The molecule has 0 spiro atoms. The van der Waals surface area contributed by atoms with Crippen LogP contribution in [0, 0.1) is 5.92 Å². The molecule has 2 saturated heterocycles. The summed E-state index contributed by atoms with van der Waals surface area (Å²) >= 11 is 12.4. The van der Waals surface area contributed by atoms with Gasteiger partial charge in [-0.3, -0.25) is 14.5 Å². The van der Waals surface area contributed by atoms with Crippen LogP contribution in [-0.2, 0) is 0 Å². The zero-order valence-electron chi connectivity index (χ0n) is 22.1. The molecule has 5 N–H and O–H groups in total. The van der Waals surface area contributed by atoms with E-state index < -0.39 is 5.91 Å². The van der Waals surface area contributed by atoms with Crippen molar-refractivity contribution in [3.05, 3.63) is 33.7 Å². The molecule has 5 rings (SSSR count). The lowest BCUT2D eigenvalue weighted by molar-refractivity contribution is 0.0491. The molecule has 0 radical (unpaired) electrons. The molecule has 0 unspecified atom stereocenters. The van der Waals surface area contributed by atoms with Gasteiger partial charge < -0.3 is 26.6 Å². The molecule has 1 saturated carbocycles. The Morgan fingerprint density at radius 3 is 2.44 bits per heavy atom. The third-order valence-corrected chi connectivity index (χ3v) is 8.43. The Kier molecular flexibility index (Phi) is 8.29. The van der Waals surface area contributed by atoms with Crippen molar-refractivity contribution < 1.29 is 9.59 Å². The number of carbonyl (C=O) groups is 2. The second-order valence-electron chi connectivity index (χ2n) is 10.6. The number of piperazine rings is 1. The van der Waals surface area contributed by atoms with Gasteiger partial charge in [0.1, 0.15) is 11.0 Å². The van der Waals surface area contributed by atoms with Crippen molar-refractivity contribution in [2.45, 2.75) is 51.1 Å². The van der Waals surface area contributed by atoms with Gasteiger partial charge in [0.15, 0.2) is 22.5 Å². The molecule has 3 fully saturated rings. The zero-order chi connectivity index (χ0) is 27.7. The predicted molar refractivity (Wildman–Crippen MR) is 152 cm³/mol. The fourth-order valence-corrected chi connectivity index (χ4v) is 5.97. The molecule has 210 valence electrons. The van der Waals surface area contributed by atoms with Crippen LogP contribution in [0.3, 0.4) is 0 Å². The Balaban J connectivity index is 1.23. The van der Waals surface area contributed by atoms with Gasteiger partial charge in [0, 0.05) is 51.4 Å². The van der Waals surface area contributed by atoms with Crippen LogP contribution in [0.15, 0.2) is 12.1 Å². The maximum atomic E-state index is 13.0. The van der Waals surface area contributed by atoms with E-state index in [-0.39, 0.29) is 27.7 Å². The first kappa shape index (κ1) is 27.7. The Morgan fingerprint density at radius 1 is 1.05 bits per heavy atom. The number of piperidine rings is 1. The highest BCUT2D eigenvalue weighted by atomic mass is 35.5. The van der Waals surface area contributed by atoms with Gasteiger partial charge in [-0.05, 0) is 50.2 Å². The van der Waals surface area contributed by atoms with Crippen molar-refractivity contribution >= 4 is 52.5 Å². The molecule has 1 aliphatic carbocycles. The fourth-order valence-electron chi connectivity index (χ4n) is 5.57. The fraction of sp³-hybridized carbons (Fsp3) is 0.577. The van der Waals surface area contributed by atoms with E-state index >= 15 is 0 Å². The highest BCUT2D eigenvalue weighted by Crippen LogP contribution is 2.32. The van der Waals surface area contributed by atoms with Crippen LogP contribution in [0.4, 0.5) is 17.5 Å². The van der Waals surface area contributed by atoms with E-state index in [0.29, 0.717) is 48.3 Å². The summed E-state index contributed by atoms with van der Waals surface area (Å²) in [6.07, 6.45) is 5.07. The van der Waals surface area contributed by atoms with E-state index in [0.717, 1.165) is 45.4 Å². The third kappa shape index (κ3) is 6.15. The van der Waals surface area contributed by atoms with E-state index in [9.17, 15) is 9.59 Å². The van der Waals surface area contributed by atoms with Crippen LogP contribution in [0.25, 0.3) is 0 Å². The molecule has 2 aromatic rings. The average Bonchev–Trinajstić information content (AvgIpc) is 3.76. The molecule has 2 amide bonds. The largest absolute Gasteiger partial charge is 0.383 e. The van der Waals surface area contributed by atoms with E-state index in [2.05, 4.69) is 32.0 Å². The van der Waals surface area contributed by atoms with Crippen molar-refractivity contribution in [3.63, 3.8) is 0 Å². The van der Waals surface area contributed by atoms with Crippen LogP contribution in [0.2, 0.25) is 10.3 Å². The van der Waals surface area contributed by atoms with Gasteiger partial charge in [-0.1, -0.05) is 30.1 Å². The number of primary amides is 1. The first-order chi connectivity index (χ1) is 18.7. The second kappa shape index (κ2) is 11.7. The zero-order valence-corrected chi connectivity index (χ0v) is 23.6. The summed E-state index contributed by atoms with van der Waals surface area (Å²) in [6, 6.07) is 3.89. The number of halogens is 2. The summed E-state index contributed by atoms with van der Waals surface area (Å²) in [5.74, 6) is 0.983. The third-order valence-electron chi connectivity index (χ3n) is 7.97. The summed E-state index contributed by atoms with van der Waals surface area (Å²) in [7, 11) is 0. The first-order valence-electron chi connectivity index (χ1n) is 13.6. The summed E-state index contributed by atoms with van der Waals surface area (Å²) < 4.78 is 0. The van der Waals surface area contributed by atoms with Crippen LogP contribution >= 0.6 is 23.2 Å². The summed E-state index contributed by atoms with van der Waals surface area (Å²) in [6.45, 7) is 6.55. The number of carbonyl (C=O) groups excluding carboxylic acids is 2. The van der Waals surface area contributed by atoms with Crippen LogP contribution in [-0.4, -0.2) is 87.9 Å². The highest BCUT2D eigenvalue weighted by molar-refractivity contribution is 6.32. The number of anilines is 3. The summed E-state index contributed by atoms with van der Waals surface area (Å²) in [5, 5.41) is 3.72. The Hall–Kier alpha value is -2.89. The molecule has 2 aliphatic heterocycles. The number of amides is 2. The normalized spacial score (nSPS) is 20.7. The minimum atomic E-state index is -0.648. The standard InChI is InChI=1S/C26H35Cl2N9O2/c1-2-16-14-36(25-21(28)33-20(23(30)38)24(34-25)31-13-15-3-4-15)11-12-37(16)17-7-9-35(10-8-17)26(39)18-5-6-19(27)32-22(18)29/h5-6,15-17H,2-4,7-14H2,1H3,(H2,29,32)(H2,30,38)(H,31,34)/t16-/m0/s1. The Labute approximate surface area is 238 Å². The topological polar surface area (TPSA) is 147 Å². The van der Waals surface area contributed by atoms with Gasteiger partial charge in [0.25, 0.3) is 11.8 Å². The first-order valence-corrected chi connectivity index (χ1v) is 14.3. The minimum Gasteiger partial charge on any atom is -0.383 e. The van der Waals surface area contributed by atoms with Crippen molar-refractivity contribution in [2.24, 2.45) is 11.7 Å². The van der Waals surface area contributed by atoms with E-state index in [1.165, 1.54) is 12.8 Å². The Morgan fingerprint density at radius 2 is 1.79 bits per heavy atom. The quantitative estimate of drug-likeness (QED) is 0.404. The number of pyridine rings is 1. The van der Waals surface area contributed by atoms with Gasteiger partial charge >= 0.3 is 0 Å². The van der Waals surface area contributed by atoms with Gasteiger partial charge in [-0.15, -0.1) is 0 Å². The number of rotatable bonds is 8. The lowest BCUT2D eigenvalue weighted by Gasteiger charge is -2.47. The molecule has 13 heteroatoms. The molecule has 3 aliphatic rings. The lowest BCUT2D eigenvalue weighted by atomic mass is 9.97. The monoisotopic (exact) mass is 575 g/mol. The lowest BCUT2D eigenvalue weighted by Crippen LogP contribution is -2.58. The summed E-state index contributed by atoms with van der Waals surface area (Å²) in [5.41, 5.74) is 12.0. The van der Waals surface area contributed by atoms with Crippen LogP contribution < -0.4 is 21.7 Å². The number of hydrogen-bond donors (Lipinski definition) is 3. The summed E-state index contributed by atoms with van der Waals surface area (Å²) in [4.78, 5) is 44.6. The van der Waals surface area contributed by atoms with Gasteiger partial charge in [0.05, 0.1) is 5.56 Å². The smallest absolute Gasteiger partial charge is 0.271 e. The van der Waals surface area contributed by atoms with E-state index in [4.69, 9.17) is 39.7 Å². The Bertz CT molecular complexity index is 1230. The molecule has 0 bridgehead atoms. The van der Waals surface area contributed by atoms with Crippen molar-refractivity contribution in [3.8, 4) is 0 Å². The molecule has 11 nitrogen and oxygen atoms in total. The molecular formula is C26H35Cl2N9O2. The predicted octanol–water partition coefficient (Wildman–Crippen LogP) is 2.89. The number of nitrogen functional groups attached to an aromatic ring is 1. The molecule has 1 atom stereocenters. The minimum absolute atomic E-state index is 0.0764. The number of nitrogens with two attached hydrogens (primary N) is 2. The molecule has 39 heavy (non-hydrogen) atoms. The SMILES string of the molecule is CC[C@H]1CN(c2nc(NCC3CC3)c(C(N)=O)nc2Cl)CCN1C1CCN(C(=O)c2ccc(Cl)nc2N)CC1. The number of nitrogens with one attached hydrogen (secondary N) is 1. The van der Waals surface area contributed by atoms with Crippen molar-refractivity contribution in [1.29, 1.82) is 0 Å². The van der Waals surface area contributed by atoms with Gasteiger partial charge in [0.2, 0.25) is 0 Å². The van der Waals surface area contributed by atoms with Crippen molar-refractivity contribution in [1.82, 2.24) is 24.8 Å². The molecule has 2 aromatic heterocycles. The number of hydrogen-bond acceptors (Lipinski definition) is 9. The molecular weight excluding hydrogens is 541 g/mol. The molecule has 4 heterocycles. The van der Waals surface area contributed by atoms with Crippen LogP contribution in [0.1, 0.15) is 59.9 Å². The van der Waals surface area contributed by atoms with Crippen LogP contribution in [0.5, 0.6) is 0 Å². The second-order valence-corrected chi connectivity index (χ2v) is 11.3. The number of aromatic nitrogens is 3. The maximum absolute atomic E-state index is 13.0. The average molecular weight is 577 g/mol. The molecule has 0 aromatic carbocycles. The van der Waals surface area contributed by atoms with Gasteiger partial charge in [-0.2, -0.15) is 0 Å². The maximum Gasteiger partial charge on any atom is 0.271 e. The van der Waals surface area contributed by atoms with E-state index in [1.54, 1.807) is 12.1 Å². The number of likely N-dealkylation sites (tertiary alicyclic amines) is 1.